The van der Waals surface area contributed by atoms with E-state index in [4.69, 9.17) is 9.47 Å². The Morgan fingerprint density at radius 1 is 0.600 bits per heavy atom. The summed E-state index contributed by atoms with van der Waals surface area (Å²) in [6.45, 7) is 5.94. The van der Waals surface area contributed by atoms with Gasteiger partial charge >= 0.3 is 0 Å². The van der Waals surface area contributed by atoms with E-state index in [1.165, 1.54) is 99.3 Å². The van der Waals surface area contributed by atoms with Crippen LogP contribution in [0.2, 0.25) is 0 Å². The molecule has 4 rings (SSSR count). The van der Waals surface area contributed by atoms with Crippen LogP contribution in [-0.4, -0.2) is 19.3 Å². The molecule has 2 unspecified atom stereocenters. The molecule has 1 saturated heterocycles. The van der Waals surface area contributed by atoms with E-state index in [0.717, 1.165) is 24.9 Å². The molecule has 2 fully saturated rings. The van der Waals surface area contributed by atoms with Crippen LogP contribution in [0.25, 0.3) is 11.1 Å². The summed E-state index contributed by atoms with van der Waals surface area (Å²) in [5.41, 5.74) is 5.35. The smallest absolute Gasteiger partial charge is 0.106 e. The molecule has 192 valence electrons. The Hall–Kier alpha value is -1.64. The molecule has 0 aromatic heterocycles. The lowest BCUT2D eigenvalue weighted by Crippen LogP contribution is -2.31. The van der Waals surface area contributed by atoms with E-state index in [1.54, 1.807) is 0 Å². The van der Waals surface area contributed by atoms with E-state index in [2.05, 4.69) is 62.4 Å². The van der Waals surface area contributed by atoms with Gasteiger partial charge in [-0.2, -0.15) is 0 Å². The lowest BCUT2D eigenvalue weighted by Gasteiger charge is -2.30. The molecule has 1 heterocycles. The first-order valence-electron chi connectivity index (χ1n) is 14.7. The highest BCUT2D eigenvalue weighted by Gasteiger charge is 2.24. The van der Waals surface area contributed by atoms with Crippen LogP contribution in [0.1, 0.15) is 120 Å². The van der Waals surface area contributed by atoms with Gasteiger partial charge in [-0.25, -0.2) is 0 Å². The molecule has 0 bridgehead atoms. The van der Waals surface area contributed by atoms with Crippen molar-refractivity contribution in [2.24, 2.45) is 5.92 Å². The average molecular weight is 477 g/mol. The lowest BCUT2D eigenvalue weighted by molar-refractivity contribution is -0.137. The third-order valence-corrected chi connectivity index (χ3v) is 8.41. The van der Waals surface area contributed by atoms with Crippen LogP contribution < -0.4 is 0 Å². The molecule has 1 aliphatic heterocycles. The van der Waals surface area contributed by atoms with Crippen LogP contribution in [-0.2, 0) is 9.47 Å². The van der Waals surface area contributed by atoms with Crippen LogP contribution in [0, 0.1) is 5.92 Å². The van der Waals surface area contributed by atoms with E-state index in [1.807, 2.05) is 0 Å². The van der Waals surface area contributed by atoms with Crippen molar-refractivity contribution in [1.82, 2.24) is 0 Å². The molecule has 1 saturated carbocycles. The predicted molar refractivity (Wildman–Crippen MR) is 148 cm³/mol. The molecule has 0 spiro atoms. The zero-order valence-corrected chi connectivity index (χ0v) is 22.4. The zero-order chi connectivity index (χ0) is 24.3. The normalized spacial score (nSPS) is 25.0. The minimum Gasteiger partial charge on any atom is -0.373 e. The van der Waals surface area contributed by atoms with Crippen molar-refractivity contribution < 1.29 is 9.47 Å². The molecule has 0 N–H and O–H groups in total. The number of ether oxygens (including phenoxy) is 2. The van der Waals surface area contributed by atoms with Gasteiger partial charge in [-0.15, -0.1) is 0 Å². The standard InChI is InChI=1S/C33H48O2/c1-3-5-7-9-10-26-12-14-27(15-13-26)28-16-18-29(19-17-28)30-20-22-31(23-21-30)33-25-34-32(24-35-33)11-8-6-4-2/h16-23,26-27,32-33H,3-15,24-25H2,1-2H3. The Morgan fingerprint density at radius 2 is 1.20 bits per heavy atom. The van der Waals surface area contributed by atoms with Crippen LogP contribution in [0.4, 0.5) is 0 Å². The van der Waals surface area contributed by atoms with Crippen LogP contribution in [0.15, 0.2) is 48.5 Å². The van der Waals surface area contributed by atoms with E-state index < -0.39 is 0 Å². The monoisotopic (exact) mass is 476 g/mol. The first-order valence-corrected chi connectivity index (χ1v) is 14.7. The minimum atomic E-state index is 0.0654. The van der Waals surface area contributed by atoms with Gasteiger partial charge in [-0.1, -0.05) is 114 Å². The van der Waals surface area contributed by atoms with E-state index >= 15 is 0 Å². The first-order chi connectivity index (χ1) is 17.3. The fourth-order valence-electron chi connectivity index (χ4n) is 6.01. The molecule has 2 aliphatic rings. The summed E-state index contributed by atoms with van der Waals surface area (Å²) in [6.07, 6.45) is 17.9. The zero-order valence-electron chi connectivity index (χ0n) is 22.4. The summed E-state index contributed by atoms with van der Waals surface area (Å²) in [6, 6.07) is 18.3. The SMILES string of the molecule is CCCCCCC1CCC(c2ccc(-c3ccc(C4COC(CCCCC)CO4)cc3)cc2)CC1. The molecule has 1 aliphatic carbocycles. The Morgan fingerprint density at radius 3 is 1.80 bits per heavy atom. The molecule has 2 aromatic rings. The van der Waals surface area contributed by atoms with Crippen LogP contribution in [0.3, 0.4) is 0 Å². The maximum absolute atomic E-state index is 6.15. The highest BCUT2D eigenvalue weighted by molar-refractivity contribution is 5.64. The van der Waals surface area contributed by atoms with E-state index in [-0.39, 0.29) is 12.2 Å². The maximum Gasteiger partial charge on any atom is 0.106 e. The number of hydrogen-bond acceptors (Lipinski definition) is 2. The summed E-state index contributed by atoms with van der Waals surface area (Å²) in [5.74, 6) is 1.74. The Bertz CT molecular complexity index is 824. The van der Waals surface area contributed by atoms with Crippen molar-refractivity contribution in [2.45, 2.75) is 115 Å². The van der Waals surface area contributed by atoms with Crippen molar-refractivity contribution in [3.63, 3.8) is 0 Å². The Labute approximate surface area is 214 Å². The van der Waals surface area contributed by atoms with Crippen molar-refractivity contribution in [1.29, 1.82) is 0 Å². The Balaban J connectivity index is 1.23. The topological polar surface area (TPSA) is 18.5 Å². The van der Waals surface area contributed by atoms with Gasteiger partial charge in [-0.3, -0.25) is 0 Å². The molecule has 2 heteroatoms. The van der Waals surface area contributed by atoms with Gasteiger partial charge in [0, 0.05) is 0 Å². The number of unbranched alkanes of at least 4 members (excludes halogenated alkanes) is 5. The summed E-state index contributed by atoms with van der Waals surface area (Å²) in [5, 5.41) is 0. The second-order valence-electron chi connectivity index (χ2n) is 11.1. The quantitative estimate of drug-likeness (QED) is 0.284. The van der Waals surface area contributed by atoms with Crippen molar-refractivity contribution in [3.05, 3.63) is 59.7 Å². The van der Waals surface area contributed by atoms with Gasteiger partial charge in [0.15, 0.2) is 0 Å². The third kappa shape index (κ3) is 7.92. The second-order valence-corrected chi connectivity index (χ2v) is 11.1. The minimum absolute atomic E-state index is 0.0654. The van der Waals surface area contributed by atoms with E-state index in [9.17, 15) is 0 Å². The number of hydrogen-bond donors (Lipinski definition) is 0. The van der Waals surface area contributed by atoms with Gasteiger partial charge in [0.05, 0.1) is 19.3 Å². The average Bonchev–Trinajstić information content (AvgIpc) is 2.92. The highest BCUT2D eigenvalue weighted by Crippen LogP contribution is 2.38. The molecular weight excluding hydrogens is 428 g/mol. The molecule has 2 nitrogen and oxygen atoms in total. The molecule has 0 amide bonds. The summed E-state index contributed by atoms with van der Waals surface area (Å²) in [4.78, 5) is 0. The molecule has 35 heavy (non-hydrogen) atoms. The second kappa shape index (κ2) is 14.2. The van der Waals surface area contributed by atoms with Crippen LogP contribution >= 0.6 is 0 Å². The van der Waals surface area contributed by atoms with Crippen molar-refractivity contribution in [3.8, 4) is 11.1 Å². The predicted octanol–water partition coefficient (Wildman–Crippen LogP) is 9.63. The Kier molecular flexibility index (Phi) is 10.7. The first kappa shape index (κ1) is 26.4. The molecule has 2 aromatic carbocycles. The van der Waals surface area contributed by atoms with Crippen molar-refractivity contribution >= 4 is 0 Å². The maximum atomic E-state index is 6.15. The highest BCUT2D eigenvalue weighted by atomic mass is 16.6. The lowest BCUT2D eigenvalue weighted by atomic mass is 9.77. The molecular formula is C33H48O2. The number of benzene rings is 2. The van der Waals surface area contributed by atoms with Crippen molar-refractivity contribution in [2.75, 3.05) is 13.2 Å². The summed E-state index contributed by atoms with van der Waals surface area (Å²) < 4.78 is 12.2. The van der Waals surface area contributed by atoms with Crippen LogP contribution in [0.5, 0.6) is 0 Å². The largest absolute Gasteiger partial charge is 0.373 e. The van der Waals surface area contributed by atoms with Gasteiger partial charge < -0.3 is 9.47 Å². The van der Waals surface area contributed by atoms with Gasteiger partial charge in [0.1, 0.15) is 6.10 Å². The molecule has 0 radical (unpaired) electrons. The van der Waals surface area contributed by atoms with Gasteiger partial charge in [0.2, 0.25) is 0 Å². The fraction of sp³-hybridized carbons (Fsp3) is 0.636. The summed E-state index contributed by atoms with van der Waals surface area (Å²) >= 11 is 0. The third-order valence-electron chi connectivity index (χ3n) is 8.41. The van der Waals surface area contributed by atoms with Gasteiger partial charge in [0.25, 0.3) is 0 Å². The number of rotatable bonds is 12. The van der Waals surface area contributed by atoms with E-state index in [0.29, 0.717) is 6.61 Å². The molecule has 2 atom stereocenters. The fourth-order valence-corrected chi connectivity index (χ4v) is 6.01. The van der Waals surface area contributed by atoms with Gasteiger partial charge in [-0.05, 0) is 66.2 Å². The summed E-state index contributed by atoms with van der Waals surface area (Å²) in [7, 11) is 0.